The normalized spacial score (nSPS) is 11.5. The maximum atomic E-state index is 13.6. The van der Waals surface area contributed by atoms with E-state index in [2.05, 4.69) is 36.2 Å². The highest BCUT2D eigenvalue weighted by Gasteiger charge is 2.16. The van der Waals surface area contributed by atoms with Crippen molar-refractivity contribution in [3.8, 4) is 33.1 Å². The van der Waals surface area contributed by atoms with Gasteiger partial charge in [0.1, 0.15) is 5.69 Å². The molecule has 0 saturated heterocycles. The molecular formula is C24H18FN7S. The summed E-state index contributed by atoms with van der Waals surface area (Å²) in [7, 11) is 3.96. The summed E-state index contributed by atoms with van der Waals surface area (Å²) in [6.07, 6.45) is 8.95. The predicted octanol–water partition coefficient (Wildman–Crippen LogP) is 5.50. The number of nitrogens with one attached hydrogen (secondary N) is 2. The highest BCUT2D eigenvalue weighted by Crippen LogP contribution is 2.36. The molecule has 0 fully saturated rings. The van der Waals surface area contributed by atoms with Crippen LogP contribution in [0.3, 0.4) is 0 Å². The number of pyridine rings is 3. The van der Waals surface area contributed by atoms with Gasteiger partial charge in [0.2, 0.25) is 0 Å². The second kappa shape index (κ2) is 7.49. The molecule has 6 heterocycles. The minimum absolute atomic E-state index is 0.219. The lowest BCUT2D eigenvalue weighted by molar-refractivity contribution is 0.657. The van der Waals surface area contributed by atoms with E-state index in [1.54, 1.807) is 24.7 Å². The number of aromatic amines is 2. The lowest BCUT2D eigenvalue weighted by Gasteiger charge is -2.12. The smallest absolute Gasteiger partial charge is 0.176 e. The van der Waals surface area contributed by atoms with Gasteiger partial charge >= 0.3 is 0 Å². The molecule has 0 aliphatic carbocycles. The van der Waals surface area contributed by atoms with Gasteiger partial charge in [0.25, 0.3) is 0 Å². The standard InChI is InChI=1S/C24H18FN7S/c1-32(2)14-5-13(8-26-9-14)18-7-16-21(12-28-18)30-31-24(16)19-6-15-17(10-27-11-20(15)29-19)22-3-4-23(25)33-22/h3-12,29H,1-2H3,(H,30,31). The molecular weight excluding hydrogens is 437 g/mol. The van der Waals surface area contributed by atoms with Crippen molar-refractivity contribution in [2.45, 2.75) is 0 Å². The SMILES string of the molecule is CN(C)c1cncc(-c2cc3c(-c4cc5c(-c6ccc(F)s6)cncc5[nH]4)n[nH]c3cn2)c1. The maximum absolute atomic E-state index is 13.6. The van der Waals surface area contributed by atoms with Crippen molar-refractivity contribution < 1.29 is 4.39 Å². The topological polar surface area (TPSA) is 86.4 Å². The molecule has 9 heteroatoms. The number of hydrogen-bond donors (Lipinski definition) is 2. The quantitative estimate of drug-likeness (QED) is 0.367. The van der Waals surface area contributed by atoms with Crippen molar-refractivity contribution in [2.75, 3.05) is 19.0 Å². The summed E-state index contributed by atoms with van der Waals surface area (Å²) in [6.45, 7) is 0. The lowest BCUT2D eigenvalue weighted by atomic mass is 10.1. The first kappa shape index (κ1) is 19.6. The Kier molecular flexibility index (Phi) is 4.44. The van der Waals surface area contributed by atoms with Gasteiger partial charge in [-0.3, -0.25) is 20.1 Å². The number of thiophene rings is 1. The second-order valence-electron chi connectivity index (χ2n) is 7.95. The number of anilines is 1. The van der Waals surface area contributed by atoms with Crippen molar-refractivity contribution in [1.82, 2.24) is 30.1 Å². The summed E-state index contributed by atoms with van der Waals surface area (Å²) >= 11 is 1.11. The molecule has 6 aromatic heterocycles. The molecule has 6 aromatic rings. The Labute approximate surface area is 192 Å². The predicted molar refractivity (Wildman–Crippen MR) is 130 cm³/mol. The van der Waals surface area contributed by atoms with Crippen LogP contribution in [0, 0.1) is 5.13 Å². The Morgan fingerprint density at radius 1 is 0.909 bits per heavy atom. The van der Waals surface area contributed by atoms with Crippen molar-refractivity contribution in [2.24, 2.45) is 0 Å². The van der Waals surface area contributed by atoms with Crippen LogP contribution < -0.4 is 4.90 Å². The fourth-order valence-corrected chi connectivity index (χ4v) is 4.68. The molecule has 6 rings (SSSR count). The van der Waals surface area contributed by atoms with E-state index in [-0.39, 0.29) is 5.13 Å². The highest BCUT2D eigenvalue weighted by atomic mass is 32.1. The van der Waals surface area contributed by atoms with Crippen LogP contribution in [0.1, 0.15) is 0 Å². The van der Waals surface area contributed by atoms with Crippen LogP contribution in [0.25, 0.3) is 54.9 Å². The van der Waals surface area contributed by atoms with E-state index in [4.69, 9.17) is 0 Å². The van der Waals surface area contributed by atoms with Crippen LogP contribution in [-0.2, 0) is 0 Å². The number of rotatable bonds is 4. The van der Waals surface area contributed by atoms with Gasteiger partial charge in [-0.25, -0.2) is 0 Å². The lowest BCUT2D eigenvalue weighted by Crippen LogP contribution is -2.08. The number of halogens is 1. The number of fused-ring (bicyclic) bond motifs is 2. The molecule has 33 heavy (non-hydrogen) atoms. The average Bonchev–Trinajstić information content (AvgIpc) is 3.55. The third kappa shape index (κ3) is 3.33. The fourth-order valence-electron chi connectivity index (χ4n) is 3.93. The average molecular weight is 456 g/mol. The summed E-state index contributed by atoms with van der Waals surface area (Å²) in [5.41, 5.74) is 6.96. The first-order valence-electron chi connectivity index (χ1n) is 10.3. The first-order valence-corrected chi connectivity index (χ1v) is 11.1. The summed E-state index contributed by atoms with van der Waals surface area (Å²) < 4.78 is 13.6. The number of nitrogens with zero attached hydrogens (tertiary/aromatic N) is 5. The molecule has 0 unspecified atom stereocenters. The molecule has 2 N–H and O–H groups in total. The zero-order chi connectivity index (χ0) is 22.5. The molecule has 0 spiro atoms. The van der Waals surface area contributed by atoms with Gasteiger partial charge in [-0.1, -0.05) is 0 Å². The van der Waals surface area contributed by atoms with Crippen molar-refractivity contribution in [1.29, 1.82) is 0 Å². The first-order chi connectivity index (χ1) is 16.1. The van der Waals surface area contributed by atoms with Crippen molar-refractivity contribution >= 4 is 38.8 Å². The van der Waals surface area contributed by atoms with Crippen LogP contribution in [-0.4, -0.2) is 44.2 Å². The number of hydrogen-bond acceptors (Lipinski definition) is 6. The van der Waals surface area contributed by atoms with Gasteiger partial charge in [0.15, 0.2) is 5.13 Å². The Morgan fingerprint density at radius 2 is 1.79 bits per heavy atom. The highest BCUT2D eigenvalue weighted by molar-refractivity contribution is 7.14. The van der Waals surface area contributed by atoms with Gasteiger partial charge in [-0.15, -0.1) is 11.3 Å². The monoisotopic (exact) mass is 455 g/mol. The third-order valence-corrected chi connectivity index (χ3v) is 6.53. The Morgan fingerprint density at radius 3 is 2.61 bits per heavy atom. The molecule has 0 radical (unpaired) electrons. The van der Waals surface area contributed by atoms with Crippen LogP contribution >= 0.6 is 11.3 Å². The zero-order valence-electron chi connectivity index (χ0n) is 17.8. The Hall–Kier alpha value is -4.11. The van der Waals surface area contributed by atoms with E-state index >= 15 is 0 Å². The van der Waals surface area contributed by atoms with E-state index in [1.807, 2.05) is 43.5 Å². The van der Waals surface area contributed by atoms with E-state index in [1.165, 1.54) is 6.07 Å². The number of H-pyrrole nitrogens is 2. The number of aromatic nitrogens is 6. The molecule has 162 valence electrons. The van der Waals surface area contributed by atoms with E-state index < -0.39 is 0 Å². The molecule has 0 aliphatic rings. The molecule has 0 atom stereocenters. The molecule has 0 saturated carbocycles. The zero-order valence-corrected chi connectivity index (χ0v) is 18.6. The summed E-state index contributed by atoms with van der Waals surface area (Å²) in [4.78, 5) is 19.6. The summed E-state index contributed by atoms with van der Waals surface area (Å²) in [5.74, 6) is 0. The maximum Gasteiger partial charge on any atom is 0.176 e. The van der Waals surface area contributed by atoms with E-state index in [9.17, 15) is 4.39 Å². The van der Waals surface area contributed by atoms with Crippen LogP contribution in [0.2, 0.25) is 0 Å². The molecule has 7 nitrogen and oxygen atoms in total. The minimum Gasteiger partial charge on any atom is -0.376 e. The minimum atomic E-state index is -0.219. The van der Waals surface area contributed by atoms with E-state index in [0.717, 1.165) is 71.9 Å². The largest absolute Gasteiger partial charge is 0.376 e. The van der Waals surface area contributed by atoms with Gasteiger partial charge < -0.3 is 9.88 Å². The van der Waals surface area contributed by atoms with Crippen LogP contribution in [0.5, 0.6) is 0 Å². The summed E-state index contributed by atoms with van der Waals surface area (Å²) in [5, 5.41) is 9.31. The van der Waals surface area contributed by atoms with Gasteiger partial charge in [-0.2, -0.15) is 9.49 Å². The molecule has 0 bridgehead atoms. The van der Waals surface area contributed by atoms with Gasteiger partial charge in [0.05, 0.1) is 46.7 Å². The molecule has 0 aromatic carbocycles. The molecule has 0 amide bonds. The van der Waals surface area contributed by atoms with Gasteiger partial charge in [-0.05, 0) is 30.3 Å². The van der Waals surface area contributed by atoms with Crippen LogP contribution in [0.4, 0.5) is 10.1 Å². The van der Waals surface area contributed by atoms with Crippen molar-refractivity contribution in [3.63, 3.8) is 0 Å². The summed E-state index contributed by atoms with van der Waals surface area (Å²) in [6, 6.07) is 9.36. The third-order valence-electron chi connectivity index (χ3n) is 5.62. The Balaban J connectivity index is 1.48. The van der Waals surface area contributed by atoms with Crippen molar-refractivity contribution in [3.05, 3.63) is 66.4 Å². The van der Waals surface area contributed by atoms with Crippen LogP contribution in [0.15, 0.2) is 61.3 Å². The van der Waals surface area contributed by atoms with Gasteiger partial charge in [0, 0.05) is 53.3 Å². The van der Waals surface area contributed by atoms with E-state index in [0.29, 0.717) is 0 Å². The fraction of sp³-hybridized carbons (Fsp3) is 0.0833. The Bertz CT molecular complexity index is 1630. The molecule has 0 aliphatic heterocycles. The second-order valence-corrected chi connectivity index (χ2v) is 8.98.